The van der Waals surface area contributed by atoms with Gasteiger partial charge in [-0.25, -0.2) is 0 Å². The molecular formula is C13H22O6. The van der Waals surface area contributed by atoms with E-state index in [4.69, 9.17) is 14.2 Å². The number of carboxylic acids is 1. The van der Waals surface area contributed by atoms with E-state index in [-0.39, 0.29) is 25.2 Å². The van der Waals surface area contributed by atoms with Crippen LogP contribution in [0.4, 0.5) is 0 Å². The van der Waals surface area contributed by atoms with Crippen LogP contribution in [0.5, 0.6) is 0 Å². The number of hydrogen-bond acceptors (Lipinski definition) is 5. The Balaban J connectivity index is 1.86. The lowest BCUT2D eigenvalue weighted by atomic mass is 9.70. The highest BCUT2D eigenvalue weighted by Gasteiger charge is 2.57. The number of fused-ring (bicyclic) bond motifs is 2. The van der Waals surface area contributed by atoms with E-state index in [1.165, 1.54) is 0 Å². The molecule has 4 atom stereocenters. The van der Waals surface area contributed by atoms with Gasteiger partial charge in [0.2, 0.25) is 0 Å². The number of carboxylic acid groups (broad SMARTS) is 1. The third-order valence-corrected chi connectivity index (χ3v) is 4.08. The molecule has 0 spiro atoms. The van der Waals surface area contributed by atoms with Crippen molar-refractivity contribution in [3.05, 3.63) is 0 Å². The van der Waals surface area contributed by atoms with Crippen LogP contribution in [-0.2, 0) is 19.0 Å². The maximum absolute atomic E-state index is 11.6. The van der Waals surface area contributed by atoms with Crippen molar-refractivity contribution in [2.24, 2.45) is 5.41 Å². The predicted octanol–water partition coefficient (Wildman–Crippen LogP) is 0.423. The van der Waals surface area contributed by atoms with Crippen LogP contribution in [0.3, 0.4) is 0 Å². The fraction of sp³-hybridized carbons (Fsp3) is 0.923. The normalized spacial score (nSPS) is 34.6. The molecule has 0 radical (unpaired) electrons. The standard InChI is InChI=1S/C13H22O6/c1-17-4-5-18-8-9(14)6-13(12(15)16)7-10-2-3-11(13)19-10/h9-11,14H,2-8H2,1H3,(H,15,16). The summed E-state index contributed by atoms with van der Waals surface area (Å²) in [5.41, 5.74) is -0.938. The first-order valence-electron chi connectivity index (χ1n) is 6.72. The number of aliphatic carboxylic acids is 1. The van der Waals surface area contributed by atoms with Gasteiger partial charge in [-0.2, -0.15) is 0 Å². The summed E-state index contributed by atoms with van der Waals surface area (Å²) in [7, 11) is 1.58. The van der Waals surface area contributed by atoms with Gasteiger partial charge < -0.3 is 24.4 Å². The third kappa shape index (κ3) is 3.08. The highest BCUT2D eigenvalue weighted by molar-refractivity contribution is 5.76. The maximum atomic E-state index is 11.6. The average molecular weight is 274 g/mol. The quantitative estimate of drug-likeness (QED) is 0.624. The lowest BCUT2D eigenvalue weighted by Gasteiger charge is -2.32. The second kappa shape index (κ2) is 6.17. The van der Waals surface area contributed by atoms with Crippen molar-refractivity contribution < 1.29 is 29.2 Å². The van der Waals surface area contributed by atoms with Crippen molar-refractivity contribution >= 4 is 5.97 Å². The van der Waals surface area contributed by atoms with E-state index in [1.54, 1.807) is 7.11 Å². The van der Waals surface area contributed by atoms with Crippen molar-refractivity contribution in [1.82, 2.24) is 0 Å². The zero-order valence-corrected chi connectivity index (χ0v) is 11.2. The monoisotopic (exact) mass is 274 g/mol. The fourth-order valence-electron chi connectivity index (χ4n) is 3.17. The van der Waals surface area contributed by atoms with E-state index in [9.17, 15) is 15.0 Å². The van der Waals surface area contributed by atoms with E-state index in [1.807, 2.05) is 0 Å². The van der Waals surface area contributed by atoms with Crippen LogP contribution in [0, 0.1) is 5.41 Å². The Morgan fingerprint density at radius 2 is 2.26 bits per heavy atom. The Bertz CT molecular complexity index is 320. The molecule has 0 aliphatic carbocycles. The molecule has 0 saturated carbocycles. The molecule has 6 nitrogen and oxygen atoms in total. The molecular weight excluding hydrogens is 252 g/mol. The van der Waals surface area contributed by atoms with Crippen molar-refractivity contribution in [2.75, 3.05) is 26.9 Å². The van der Waals surface area contributed by atoms with Crippen LogP contribution in [0.25, 0.3) is 0 Å². The lowest BCUT2D eigenvalue weighted by Crippen LogP contribution is -2.43. The second-order valence-electron chi connectivity index (χ2n) is 5.42. The molecule has 0 amide bonds. The number of methoxy groups -OCH3 is 1. The van der Waals surface area contributed by atoms with Crippen LogP contribution < -0.4 is 0 Å². The minimum absolute atomic E-state index is 0.0442. The second-order valence-corrected chi connectivity index (χ2v) is 5.42. The number of ether oxygens (including phenoxy) is 3. The average Bonchev–Trinajstić information content (AvgIpc) is 2.95. The lowest BCUT2D eigenvalue weighted by molar-refractivity contribution is -0.155. The van der Waals surface area contributed by atoms with Gasteiger partial charge in [-0.05, 0) is 25.7 Å². The minimum Gasteiger partial charge on any atom is -0.481 e. The summed E-state index contributed by atoms with van der Waals surface area (Å²) in [6.07, 6.45) is 1.40. The SMILES string of the molecule is COCCOCC(O)CC1(C(=O)O)CC2CCC1O2. The van der Waals surface area contributed by atoms with Gasteiger partial charge in [0.15, 0.2) is 0 Å². The minimum atomic E-state index is -0.938. The van der Waals surface area contributed by atoms with Crippen molar-refractivity contribution in [3.8, 4) is 0 Å². The number of aliphatic hydroxyl groups is 1. The van der Waals surface area contributed by atoms with Gasteiger partial charge in [-0.3, -0.25) is 4.79 Å². The van der Waals surface area contributed by atoms with E-state index in [2.05, 4.69) is 0 Å². The van der Waals surface area contributed by atoms with E-state index in [0.717, 1.165) is 12.8 Å². The Morgan fingerprint density at radius 3 is 2.79 bits per heavy atom. The summed E-state index contributed by atoms with van der Waals surface area (Å²) in [4.78, 5) is 11.6. The zero-order chi connectivity index (χ0) is 13.9. The number of hydrogen-bond donors (Lipinski definition) is 2. The molecule has 2 saturated heterocycles. The van der Waals surface area contributed by atoms with Gasteiger partial charge in [0, 0.05) is 7.11 Å². The van der Waals surface area contributed by atoms with Crippen LogP contribution in [0.1, 0.15) is 25.7 Å². The molecule has 110 valence electrons. The molecule has 0 aromatic carbocycles. The molecule has 4 unspecified atom stereocenters. The van der Waals surface area contributed by atoms with Gasteiger partial charge in [-0.1, -0.05) is 0 Å². The smallest absolute Gasteiger partial charge is 0.312 e. The molecule has 19 heavy (non-hydrogen) atoms. The van der Waals surface area contributed by atoms with Crippen LogP contribution in [-0.4, -0.2) is 61.4 Å². The predicted molar refractivity (Wildman–Crippen MR) is 65.9 cm³/mol. The van der Waals surface area contributed by atoms with E-state index >= 15 is 0 Å². The largest absolute Gasteiger partial charge is 0.481 e. The molecule has 0 aromatic heterocycles. The number of rotatable bonds is 8. The van der Waals surface area contributed by atoms with Gasteiger partial charge in [-0.15, -0.1) is 0 Å². The van der Waals surface area contributed by atoms with Crippen LogP contribution >= 0.6 is 0 Å². The fourth-order valence-corrected chi connectivity index (χ4v) is 3.17. The van der Waals surface area contributed by atoms with Crippen molar-refractivity contribution in [1.29, 1.82) is 0 Å². The molecule has 2 bridgehead atoms. The Morgan fingerprint density at radius 1 is 1.47 bits per heavy atom. The molecule has 2 N–H and O–H groups in total. The van der Waals surface area contributed by atoms with Gasteiger partial charge >= 0.3 is 5.97 Å². The first kappa shape index (κ1) is 14.7. The Labute approximate surface area is 112 Å². The summed E-state index contributed by atoms with van der Waals surface area (Å²) in [6.45, 7) is 0.997. The van der Waals surface area contributed by atoms with Crippen LogP contribution in [0.15, 0.2) is 0 Å². The zero-order valence-electron chi connectivity index (χ0n) is 11.2. The molecule has 6 heteroatoms. The first-order valence-corrected chi connectivity index (χ1v) is 6.72. The third-order valence-electron chi connectivity index (χ3n) is 4.08. The van der Waals surface area contributed by atoms with E-state index < -0.39 is 17.5 Å². The van der Waals surface area contributed by atoms with Crippen molar-refractivity contribution in [2.45, 2.75) is 44.0 Å². The van der Waals surface area contributed by atoms with Crippen molar-refractivity contribution in [3.63, 3.8) is 0 Å². The maximum Gasteiger partial charge on any atom is 0.312 e. The molecule has 2 fully saturated rings. The highest BCUT2D eigenvalue weighted by Crippen LogP contribution is 2.50. The molecule has 0 aromatic rings. The van der Waals surface area contributed by atoms with Gasteiger partial charge in [0.1, 0.15) is 0 Å². The van der Waals surface area contributed by atoms with Gasteiger partial charge in [0.05, 0.1) is 43.5 Å². The Kier molecular flexibility index (Phi) is 4.78. The number of aliphatic hydroxyl groups excluding tert-OH is 1. The molecule has 2 aliphatic rings. The Hall–Kier alpha value is -0.690. The molecule has 2 rings (SSSR count). The summed E-state index contributed by atoms with van der Waals surface area (Å²) in [5.74, 6) is -0.865. The van der Waals surface area contributed by atoms with E-state index in [0.29, 0.717) is 19.6 Å². The number of carbonyl (C=O) groups is 1. The van der Waals surface area contributed by atoms with Crippen LogP contribution in [0.2, 0.25) is 0 Å². The summed E-state index contributed by atoms with van der Waals surface area (Å²) in [6, 6.07) is 0. The summed E-state index contributed by atoms with van der Waals surface area (Å²) in [5, 5.41) is 19.5. The molecule has 2 heterocycles. The topological polar surface area (TPSA) is 85.2 Å². The first-order chi connectivity index (χ1) is 9.08. The van der Waals surface area contributed by atoms with Gasteiger partial charge in [0.25, 0.3) is 0 Å². The highest BCUT2D eigenvalue weighted by atomic mass is 16.5. The summed E-state index contributed by atoms with van der Waals surface area (Å²) >= 11 is 0. The summed E-state index contributed by atoms with van der Waals surface area (Å²) < 4.78 is 15.7. The molecule has 2 aliphatic heterocycles.